The molecular formula is C17H19N3O. The van der Waals surface area contributed by atoms with Gasteiger partial charge in [-0.15, -0.1) is 0 Å². The summed E-state index contributed by atoms with van der Waals surface area (Å²) in [4.78, 5) is 11.6. The second-order valence-corrected chi connectivity index (χ2v) is 5.01. The number of rotatable bonds is 4. The summed E-state index contributed by atoms with van der Waals surface area (Å²) < 4.78 is 0. The maximum Gasteiger partial charge on any atom is 0.339 e. The monoisotopic (exact) mass is 281 g/mol. The quantitative estimate of drug-likeness (QED) is 0.646. The van der Waals surface area contributed by atoms with E-state index in [-0.39, 0.29) is 6.03 Å². The van der Waals surface area contributed by atoms with Crippen LogP contribution in [0.3, 0.4) is 0 Å². The van der Waals surface area contributed by atoms with E-state index >= 15 is 0 Å². The van der Waals surface area contributed by atoms with Crippen molar-refractivity contribution >= 4 is 17.9 Å². The molecule has 4 heteroatoms. The van der Waals surface area contributed by atoms with E-state index in [0.717, 1.165) is 11.3 Å². The fraction of sp³-hybridized carbons (Fsp3) is 0.176. The van der Waals surface area contributed by atoms with Crippen LogP contribution in [0, 0.1) is 0 Å². The van der Waals surface area contributed by atoms with Crippen molar-refractivity contribution in [1.29, 1.82) is 0 Å². The average molecular weight is 281 g/mol. The Labute approximate surface area is 124 Å². The third kappa shape index (κ3) is 4.76. The van der Waals surface area contributed by atoms with Crippen LogP contribution in [0.1, 0.15) is 30.9 Å². The number of anilines is 1. The second kappa shape index (κ2) is 7.24. The molecule has 0 fully saturated rings. The lowest BCUT2D eigenvalue weighted by molar-refractivity contribution is 0.252. The van der Waals surface area contributed by atoms with Crippen LogP contribution in [0.25, 0.3) is 0 Å². The van der Waals surface area contributed by atoms with E-state index in [9.17, 15) is 4.79 Å². The number of nitrogens with zero attached hydrogens (tertiary/aromatic N) is 1. The normalized spacial score (nSPS) is 10.8. The molecule has 2 rings (SSSR count). The Morgan fingerprint density at radius 2 is 1.71 bits per heavy atom. The molecule has 0 aromatic heterocycles. The number of amides is 2. The lowest BCUT2D eigenvalue weighted by Gasteiger charge is -2.05. The average Bonchev–Trinajstić information content (AvgIpc) is 2.49. The smallest absolute Gasteiger partial charge is 0.307 e. The van der Waals surface area contributed by atoms with Crippen LogP contribution >= 0.6 is 0 Å². The van der Waals surface area contributed by atoms with Crippen LogP contribution in [0.2, 0.25) is 0 Å². The van der Waals surface area contributed by atoms with Crippen LogP contribution in [-0.4, -0.2) is 12.2 Å². The number of hydrazone groups is 1. The summed E-state index contributed by atoms with van der Waals surface area (Å²) in [6, 6.07) is 17.0. The molecule has 0 spiro atoms. The fourth-order valence-corrected chi connectivity index (χ4v) is 1.81. The molecule has 21 heavy (non-hydrogen) atoms. The minimum atomic E-state index is -0.365. The first kappa shape index (κ1) is 14.8. The number of carbonyl (C=O) groups is 1. The van der Waals surface area contributed by atoms with Crippen LogP contribution in [0.15, 0.2) is 59.7 Å². The highest BCUT2D eigenvalue weighted by Gasteiger charge is 1.99. The van der Waals surface area contributed by atoms with Gasteiger partial charge in [-0.1, -0.05) is 56.3 Å². The SMILES string of the molecule is CC(C)c1ccc(C=NNC(=O)Nc2ccccc2)cc1. The van der Waals surface area contributed by atoms with Gasteiger partial charge in [0.15, 0.2) is 0 Å². The molecule has 2 aromatic rings. The third-order valence-corrected chi connectivity index (χ3v) is 3.01. The topological polar surface area (TPSA) is 53.5 Å². The number of para-hydroxylation sites is 1. The first-order valence-corrected chi connectivity index (χ1v) is 6.90. The molecule has 2 aromatic carbocycles. The van der Waals surface area contributed by atoms with Gasteiger partial charge in [-0.3, -0.25) is 0 Å². The van der Waals surface area contributed by atoms with Crippen LogP contribution in [0.5, 0.6) is 0 Å². The molecule has 0 aliphatic carbocycles. The number of hydrogen-bond donors (Lipinski definition) is 2. The third-order valence-electron chi connectivity index (χ3n) is 3.01. The van der Waals surface area contributed by atoms with E-state index in [2.05, 4.69) is 41.8 Å². The number of benzene rings is 2. The van der Waals surface area contributed by atoms with Crippen molar-refractivity contribution in [3.05, 3.63) is 65.7 Å². The minimum Gasteiger partial charge on any atom is -0.307 e. The number of nitrogens with one attached hydrogen (secondary N) is 2. The molecule has 2 N–H and O–H groups in total. The summed E-state index contributed by atoms with van der Waals surface area (Å²) in [5, 5.41) is 6.61. The predicted octanol–water partition coefficient (Wildman–Crippen LogP) is 3.97. The van der Waals surface area contributed by atoms with Gasteiger partial charge in [-0.05, 0) is 29.2 Å². The van der Waals surface area contributed by atoms with Crippen molar-refractivity contribution in [3.63, 3.8) is 0 Å². The van der Waals surface area contributed by atoms with E-state index < -0.39 is 0 Å². The Balaban J connectivity index is 1.86. The van der Waals surface area contributed by atoms with Crippen molar-refractivity contribution in [2.24, 2.45) is 5.10 Å². The molecule has 2 amide bonds. The maximum atomic E-state index is 11.6. The fourth-order valence-electron chi connectivity index (χ4n) is 1.81. The lowest BCUT2D eigenvalue weighted by atomic mass is 10.0. The number of hydrogen-bond acceptors (Lipinski definition) is 2. The van der Waals surface area contributed by atoms with Gasteiger partial charge in [0.25, 0.3) is 0 Å². The lowest BCUT2D eigenvalue weighted by Crippen LogP contribution is -2.24. The van der Waals surface area contributed by atoms with E-state index in [1.807, 2.05) is 42.5 Å². The van der Waals surface area contributed by atoms with Gasteiger partial charge in [0.2, 0.25) is 0 Å². The molecule has 0 aliphatic rings. The molecule has 0 atom stereocenters. The van der Waals surface area contributed by atoms with Gasteiger partial charge < -0.3 is 5.32 Å². The van der Waals surface area contributed by atoms with Crippen molar-refractivity contribution in [3.8, 4) is 0 Å². The summed E-state index contributed by atoms with van der Waals surface area (Å²) in [5.41, 5.74) is 5.39. The Morgan fingerprint density at radius 3 is 2.33 bits per heavy atom. The Hall–Kier alpha value is -2.62. The number of urea groups is 1. The Bertz CT molecular complexity index is 604. The van der Waals surface area contributed by atoms with E-state index in [1.54, 1.807) is 6.21 Å². The Morgan fingerprint density at radius 1 is 1.05 bits per heavy atom. The highest BCUT2D eigenvalue weighted by molar-refractivity contribution is 5.90. The molecule has 0 bridgehead atoms. The molecule has 0 aliphatic heterocycles. The standard InChI is InChI=1S/C17H19N3O/c1-13(2)15-10-8-14(9-11-15)12-18-20-17(21)19-16-6-4-3-5-7-16/h3-13H,1-2H3,(H2,19,20,21). The molecule has 0 saturated carbocycles. The summed E-state index contributed by atoms with van der Waals surface area (Å²) in [6.07, 6.45) is 1.62. The number of carbonyl (C=O) groups excluding carboxylic acids is 1. The van der Waals surface area contributed by atoms with Crippen molar-refractivity contribution in [2.75, 3.05) is 5.32 Å². The first-order chi connectivity index (χ1) is 10.1. The van der Waals surface area contributed by atoms with Crippen LogP contribution < -0.4 is 10.7 Å². The zero-order chi connectivity index (χ0) is 15.1. The zero-order valence-corrected chi connectivity index (χ0v) is 12.2. The zero-order valence-electron chi connectivity index (χ0n) is 12.2. The van der Waals surface area contributed by atoms with Gasteiger partial charge in [-0.25, -0.2) is 10.2 Å². The van der Waals surface area contributed by atoms with Gasteiger partial charge in [0.05, 0.1) is 6.21 Å². The van der Waals surface area contributed by atoms with Crippen molar-refractivity contribution < 1.29 is 4.79 Å². The molecule has 0 heterocycles. The van der Waals surface area contributed by atoms with Crippen molar-refractivity contribution in [2.45, 2.75) is 19.8 Å². The van der Waals surface area contributed by atoms with Crippen LogP contribution in [-0.2, 0) is 0 Å². The molecule has 0 saturated heterocycles. The van der Waals surface area contributed by atoms with Gasteiger partial charge >= 0.3 is 6.03 Å². The molecular weight excluding hydrogens is 262 g/mol. The molecule has 0 unspecified atom stereocenters. The Kier molecular flexibility index (Phi) is 5.10. The van der Waals surface area contributed by atoms with E-state index in [4.69, 9.17) is 0 Å². The second-order valence-electron chi connectivity index (χ2n) is 5.01. The van der Waals surface area contributed by atoms with Crippen LogP contribution in [0.4, 0.5) is 10.5 Å². The van der Waals surface area contributed by atoms with Gasteiger partial charge in [-0.2, -0.15) is 5.10 Å². The van der Waals surface area contributed by atoms with Gasteiger partial charge in [0, 0.05) is 5.69 Å². The largest absolute Gasteiger partial charge is 0.339 e. The minimum absolute atomic E-state index is 0.365. The molecule has 4 nitrogen and oxygen atoms in total. The maximum absolute atomic E-state index is 11.6. The summed E-state index contributed by atoms with van der Waals surface area (Å²) in [5.74, 6) is 0.505. The summed E-state index contributed by atoms with van der Waals surface area (Å²) in [6.45, 7) is 4.30. The highest BCUT2D eigenvalue weighted by atomic mass is 16.2. The van der Waals surface area contributed by atoms with Gasteiger partial charge in [0.1, 0.15) is 0 Å². The predicted molar refractivity (Wildman–Crippen MR) is 86.7 cm³/mol. The summed E-state index contributed by atoms with van der Waals surface area (Å²) >= 11 is 0. The molecule has 108 valence electrons. The van der Waals surface area contributed by atoms with E-state index in [0.29, 0.717) is 5.92 Å². The van der Waals surface area contributed by atoms with E-state index in [1.165, 1.54) is 5.56 Å². The first-order valence-electron chi connectivity index (χ1n) is 6.90. The summed E-state index contributed by atoms with van der Waals surface area (Å²) in [7, 11) is 0. The highest BCUT2D eigenvalue weighted by Crippen LogP contribution is 2.13. The molecule has 0 radical (unpaired) electrons. The van der Waals surface area contributed by atoms with Crippen molar-refractivity contribution in [1.82, 2.24) is 5.43 Å².